The van der Waals surface area contributed by atoms with E-state index in [1.54, 1.807) is 16.7 Å². The van der Waals surface area contributed by atoms with Gasteiger partial charge in [0.25, 0.3) is 0 Å². The van der Waals surface area contributed by atoms with Crippen molar-refractivity contribution < 1.29 is 4.79 Å². The number of hydrogen-bond donors (Lipinski definition) is 1. The van der Waals surface area contributed by atoms with Gasteiger partial charge in [-0.25, -0.2) is 0 Å². The second-order valence-corrected chi connectivity index (χ2v) is 7.05. The third kappa shape index (κ3) is 3.60. The monoisotopic (exact) mass is 299 g/mol. The molecule has 2 heteroatoms. The second-order valence-electron chi connectivity index (χ2n) is 7.05. The number of carbonyl (C=O) groups excluding carboxylic acids is 1. The highest BCUT2D eigenvalue weighted by Gasteiger charge is 2.31. The fourth-order valence-corrected chi connectivity index (χ4v) is 4.19. The number of Topliss-reactive ketones (excluding diaryl/α,β-unsaturated/α-hetero) is 1. The molecule has 120 valence electrons. The Bertz CT molecular complexity index is 504. The zero-order valence-electron chi connectivity index (χ0n) is 13.9. The van der Waals surface area contributed by atoms with E-state index < -0.39 is 0 Å². The first kappa shape index (κ1) is 15.7. The molecule has 2 unspecified atom stereocenters. The Labute approximate surface area is 134 Å². The number of allylic oxidation sites excluding steroid dienone is 2. The fourth-order valence-electron chi connectivity index (χ4n) is 4.19. The van der Waals surface area contributed by atoms with Crippen LogP contribution in [0.15, 0.2) is 34.9 Å². The van der Waals surface area contributed by atoms with Gasteiger partial charge in [-0.2, -0.15) is 0 Å². The minimum atomic E-state index is 0.464. The predicted molar refractivity (Wildman–Crippen MR) is 91.8 cm³/mol. The first-order valence-corrected chi connectivity index (χ1v) is 9.10. The molecule has 22 heavy (non-hydrogen) atoms. The van der Waals surface area contributed by atoms with E-state index in [9.17, 15) is 4.79 Å². The number of hydrogen-bond acceptors (Lipinski definition) is 2. The molecule has 0 bridgehead atoms. The lowest BCUT2D eigenvalue weighted by Crippen LogP contribution is -2.46. The molecule has 1 heterocycles. The van der Waals surface area contributed by atoms with Gasteiger partial charge < -0.3 is 5.32 Å². The van der Waals surface area contributed by atoms with Gasteiger partial charge in [-0.1, -0.05) is 36.6 Å². The number of carbonyl (C=O) groups is 1. The van der Waals surface area contributed by atoms with E-state index in [0.717, 1.165) is 25.7 Å². The smallest absolute Gasteiger partial charge is 0.132 e. The van der Waals surface area contributed by atoms with Gasteiger partial charge in [-0.3, -0.25) is 4.79 Å². The quantitative estimate of drug-likeness (QED) is 0.707. The molecule has 2 atom stereocenters. The van der Waals surface area contributed by atoms with Crippen molar-refractivity contribution in [2.24, 2.45) is 0 Å². The van der Waals surface area contributed by atoms with Crippen LogP contribution in [0.25, 0.3) is 0 Å². The van der Waals surface area contributed by atoms with E-state index in [1.165, 1.54) is 38.5 Å². The van der Waals surface area contributed by atoms with Crippen LogP contribution in [0.3, 0.4) is 0 Å². The Morgan fingerprint density at radius 3 is 2.50 bits per heavy atom. The average molecular weight is 299 g/mol. The lowest BCUT2D eigenvalue weighted by Gasteiger charge is -2.39. The molecular weight excluding hydrogens is 270 g/mol. The van der Waals surface area contributed by atoms with Crippen LogP contribution in [0.2, 0.25) is 0 Å². The molecule has 3 aliphatic carbocycles. The molecule has 2 fully saturated rings. The lowest BCUT2D eigenvalue weighted by atomic mass is 9.78. The van der Waals surface area contributed by atoms with Crippen LogP contribution in [0, 0.1) is 0 Å². The van der Waals surface area contributed by atoms with Crippen molar-refractivity contribution >= 4 is 5.78 Å². The molecule has 0 spiro atoms. The predicted octanol–water partition coefficient (Wildman–Crippen LogP) is 4.62. The van der Waals surface area contributed by atoms with E-state index >= 15 is 0 Å². The largest absolute Gasteiger partial charge is 0.303 e. The highest BCUT2D eigenvalue weighted by Crippen LogP contribution is 2.36. The van der Waals surface area contributed by atoms with Crippen molar-refractivity contribution in [3.8, 4) is 0 Å². The number of ketones is 1. The fraction of sp³-hybridized carbons (Fsp3) is 0.650. The Morgan fingerprint density at radius 1 is 1.00 bits per heavy atom. The van der Waals surface area contributed by atoms with Crippen molar-refractivity contribution in [3.05, 3.63) is 34.9 Å². The van der Waals surface area contributed by atoms with Gasteiger partial charge in [-0.15, -0.1) is 0 Å². The SMILES string of the molecule is CC1=C2CCCCC2NC2CC=CC=C12.O=C1CCCCC1. The van der Waals surface area contributed by atoms with Crippen molar-refractivity contribution in [1.82, 2.24) is 5.32 Å². The minimum Gasteiger partial charge on any atom is -0.303 e. The minimum absolute atomic E-state index is 0.464. The third-order valence-electron chi connectivity index (χ3n) is 5.50. The topological polar surface area (TPSA) is 29.1 Å². The highest BCUT2D eigenvalue weighted by molar-refractivity contribution is 5.78. The average Bonchev–Trinajstić information content (AvgIpc) is 2.57. The first-order valence-electron chi connectivity index (χ1n) is 9.10. The van der Waals surface area contributed by atoms with Gasteiger partial charge >= 0.3 is 0 Å². The van der Waals surface area contributed by atoms with E-state index in [1.807, 2.05) is 0 Å². The summed E-state index contributed by atoms with van der Waals surface area (Å²) in [7, 11) is 0. The van der Waals surface area contributed by atoms with Crippen LogP contribution in [-0.2, 0) is 4.79 Å². The van der Waals surface area contributed by atoms with Crippen LogP contribution in [-0.4, -0.2) is 17.9 Å². The molecule has 0 amide bonds. The van der Waals surface area contributed by atoms with Crippen LogP contribution < -0.4 is 5.32 Å². The normalized spacial score (nSPS) is 30.8. The summed E-state index contributed by atoms with van der Waals surface area (Å²) in [6, 6.07) is 1.29. The van der Waals surface area contributed by atoms with Gasteiger partial charge in [0.2, 0.25) is 0 Å². The summed E-state index contributed by atoms with van der Waals surface area (Å²) in [6.45, 7) is 2.33. The molecule has 4 rings (SSSR count). The molecule has 1 aliphatic heterocycles. The molecule has 1 N–H and O–H groups in total. The Morgan fingerprint density at radius 2 is 1.77 bits per heavy atom. The second kappa shape index (κ2) is 7.41. The molecular formula is C20H29NO. The molecule has 0 aromatic rings. The molecule has 2 saturated carbocycles. The van der Waals surface area contributed by atoms with Crippen molar-refractivity contribution in [3.63, 3.8) is 0 Å². The summed E-state index contributed by atoms with van der Waals surface area (Å²) in [6.07, 6.45) is 18.7. The summed E-state index contributed by atoms with van der Waals surface area (Å²) in [4.78, 5) is 10.5. The van der Waals surface area contributed by atoms with Crippen LogP contribution in [0.4, 0.5) is 0 Å². The zero-order valence-corrected chi connectivity index (χ0v) is 13.9. The van der Waals surface area contributed by atoms with Crippen LogP contribution in [0.5, 0.6) is 0 Å². The lowest BCUT2D eigenvalue weighted by molar-refractivity contribution is -0.120. The van der Waals surface area contributed by atoms with Crippen molar-refractivity contribution in [2.75, 3.05) is 0 Å². The maximum Gasteiger partial charge on any atom is 0.132 e. The molecule has 4 aliphatic rings. The summed E-state index contributed by atoms with van der Waals surface area (Å²) < 4.78 is 0. The molecule has 0 saturated heterocycles. The molecule has 0 aromatic heterocycles. The first-order chi connectivity index (χ1) is 10.8. The Balaban J connectivity index is 0.000000174. The standard InChI is InChI=1S/C14H19N.C6H10O/c1-10-11-6-2-4-8-13(11)15-14-9-5-3-7-12(10)14;7-6-4-2-1-3-5-6/h2,4,6,13-15H,3,5,7-9H2,1H3;1-5H2. The highest BCUT2D eigenvalue weighted by atomic mass is 16.1. The third-order valence-corrected chi connectivity index (χ3v) is 5.50. The van der Waals surface area contributed by atoms with E-state index in [4.69, 9.17) is 0 Å². The van der Waals surface area contributed by atoms with Crippen LogP contribution in [0.1, 0.15) is 71.1 Å². The van der Waals surface area contributed by atoms with Gasteiger partial charge in [0.15, 0.2) is 0 Å². The number of fused-ring (bicyclic) bond motifs is 2. The molecule has 0 radical (unpaired) electrons. The maximum absolute atomic E-state index is 10.5. The maximum atomic E-state index is 10.5. The summed E-state index contributed by atoms with van der Waals surface area (Å²) >= 11 is 0. The van der Waals surface area contributed by atoms with E-state index in [2.05, 4.69) is 30.5 Å². The van der Waals surface area contributed by atoms with Crippen molar-refractivity contribution in [1.29, 1.82) is 0 Å². The van der Waals surface area contributed by atoms with E-state index in [-0.39, 0.29) is 0 Å². The van der Waals surface area contributed by atoms with Gasteiger partial charge in [0.05, 0.1) is 0 Å². The summed E-state index contributed by atoms with van der Waals surface area (Å²) in [5, 5.41) is 3.81. The van der Waals surface area contributed by atoms with Gasteiger partial charge in [0, 0.05) is 24.9 Å². The zero-order chi connectivity index (χ0) is 15.4. The Hall–Kier alpha value is -1.15. The van der Waals surface area contributed by atoms with Gasteiger partial charge in [0.1, 0.15) is 5.78 Å². The summed E-state index contributed by atoms with van der Waals surface area (Å²) in [5.41, 5.74) is 4.83. The van der Waals surface area contributed by atoms with Crippen molar-refractivity contribution in [2.45, 2.75) is 83.2 Å². The van der Waals surface area contributed by atoms with Gasteiger partial charge in [-0.05, 0) is 56.6 Å². The summed E-state index contributed by atoms with van der Waals surface area (Å²) in [5.74, 6) is 0.464. The van der Waals surface area contributed by atoms with Crippen LogP contribution >= 0.6 is 0 Å². The molecule has 2 nitrogen and oxygen atoms in total. The number of rotatable bonds is 0. The van der Waals surface area contributed by atoms with E-state index in [0.29, 0.717) is 17.9 Å². The number of nitrogens with one attached hydrogen (secondary N) is 1. The Kier molecular flexibility index (Phi) is 5.30. The molecule has 0 aromatic carbocycles.